The number of fused-ring (bicyclic) bond motifs is 1. The molecule has 0 saturated heterocycles. The van der Waals surface area contributed by atoms with Crippen molar-refractivity contribution in [2.24, 2.45) is 0 Å². The van der Waals surface area contributed by atoms with Gasteiger partial charge in [-0.3, -0.25) is 9.17 Å². The largest absolute Gasteiger partial charge is 0.497 e. The van der Waals surface area contributed by atoms with Gasteiger partial charge in [0.15, 0.2) is 0 Å². The Labute approximate surface area is 141 Å². The number of nitrogens with zero attached hydrogens (tertiary/aromatic N) is 1. The lowest BCUT2D eigenvalue weighted by Gasteiger charge is -2.19. The summed E-state index contributed by atoms with van der Waals surface area (Å²) in [5, 5.41) is 0.851. The summed E-state index contributed by atoms with van der Waals surface area (Å²) in [6.07, 6.45) is 1.95. The molecule has 0 bridgehead atoms. The van der Waals surface area contributed by atoms with Gasteiger partial charge in [-0.25, -0.2) is 0 Å². The summed E-state index contributed by atoms with van der Waals surface area (Å²) in [6.45, 7) is 0. The zero-order valence-corrected chi connectivity index (χ0v) is 14.2. The number of aromatic nitrogens is 1. The first-order valence-corrected chi connectivity index (χ1v) is 9.15. The van der Waals surface area contributed by atoms with Crippen LogP contribution in [0.5, 0.6) is 5.75 Å². The van der Waals surface area contributed by atoms with Crippen molar-refractivity contribution < 1.29 is 17.3 Å². The van der Waals surface area contributed by atoms with Gasteiger partial charge in [0.25, 0.3) is 10.1 Å². The second kappa shape index (κ2) is 6.59. The molecule has 124 valence electrons. The van der Waals surface area contributed by atoms with Crippen LogP contribution in [0, 0.1) is 0 Å². The Morgan fingerprint density at radius 1 is 1.00 bits per heavy atom. The molecule has 0 aliphatic rings. The highest BCUT2D eigenvalue weighted by Gasteiger charge is 2.22. The van der Waals surface area contributed by atoms with Crippen LogP contribution in [0.4, 0.5) is 0 Å². The van der Waals surface area contributed by atoms with E-state index >= 15 is 0 Å². The van der Waals surface area contributed by atoms with Crippen LogP contribution in [0.3, 0.4) is 0 Å². The lowest BCUT2D eigenvalue weighted by molar-refractivity contribution is 0.257. The Balaban J connectivity index is 2.16. The molecule has 0 N–H and O–H groups in total. The Morgan fingerprint density at radius 3 is 2.38 bits per heavy atom. The Kier molecular flexibility index (Phi) is 4.51. The average molecular weight is 343 g/mol. The van der Waals surface area contributed by atoms with E-state index in [9.17, 15) is 8.42 Å². The first-order chi connectivity index (χ1) is 11.5. The maximum absolute atomic E-state index is 11.8. The van der Waals surface area contributed by atoms with Crippen LogP contribution < -0.4 is 4.74 Å². The van der Waals surface area contributed by atoms with Crippen molar-refractivity contribution in [2.45, 2.75) is 6.10 Å². The first-order valence-electron chi connectivity index (χ1n) is 7.34. The van der Waals surface area contributed by atoms with Gasteiger partial charge in [0.2, 0.25) is 0 Å². The SMILES string of the molecule is COc1ccc(C(OS(C)(=O)=O)c2ccnc3ccccc23)cc1. The van der Waals surface area contributed by atoms with Crippen molar-refractivity contribution in [3.05, 3.63) is 71.9 Å². The number of hydrogen-bond acceptors (Lipinski definition) is 5. The molecule has 0 fully saturated rings. The third-order valence-corrected chi connectivity index (χ3v) is 4.20. The number of methoxy groups -OCH3 is 1. The van der Waals surface area contributed by atoms with Crippen LogP contribution in [-0.4, -0.2) is 26.8 Å². The predicted molar refractivity (Wildman–Crippen MR) is 92.5 cm³/mol. The van der Waals surface area contributed by atoms with E-state index in [2.05, 4.69) is 4.98 Å². The summed E-state index contributed by atoms with van der Waals surface area (Å²) in [4.78, 5) is 4.32. The van der Waals surface area contributed by atoms with E-state index in [4.69, 9.17) is 8.92 Å². The van der Waals surface area contributed by atoms with E-state index in [0.29, 0.717) is 5.75 Å². The van der Waals surface area contributed by atoms with E-state index in [1.807, 2.05) is 24.3 Å². The predicted octanol–water partition coefficient (Wildman–Crippen LogP) is 3.31. The lowest BCUT2D eigenvalue weighted by Crippen LogP contribution is -2.12. The average Bonchev–Trinajstić information content (AvgIpc) is 2.59. The minimum absolute atomic E-state index is 0.691. The molecule has 2 aromatic carbocycles. The molecule has 0 radical (unpaired) electrons. The molecule has 1 atom stereocenters. The molecule has 3 aromatic rings. The summed E-state index contributed by atoms with van der Waals surface area (Å²) in [5.74, 6) is 0.691. The van der Waals surface area contributed by atoms with Crippen molar-refractivity contribution in [2.75, 3.05) is 13.4 Å². The number of benzene rings is 2. The molecule has 1 aromatic heterocycles. The summed E-state index contributed by atoms with van der Waals surface area (Å²) in [5.41, 5.74) is 2.25. The number of ether oxygens (including phenoxy) is 1. The first kappa shape index (κ1) is 16.4. The van der Waals surface area contributed by atoms with Crippen molar-refractivity contribution in [3.8, 4) is 5.75 Å². The smallest absolute Gasteiger partial charge is 0.265 e. The van der Waals surface area contributed by atoms with Gasteiger partial charge >= 0.3 is 0 Å². The molecular weight excluding hydrogens is 326 g/mol. The minimum atomic E-state index is -3.66. The molecule has 5 nitrogen and oxygen atoms in total. The fourth-order valence-corrected chi connectivity index (χ4v) is 3.15. The van der Waals surface area contributed by atoms with Gasteiger partial charge in [0.05, 0.1) is 18.9 Å². The van der Waals surface area contributed by atoms with Crippen LogP contribution in [-0.2, 0) is 14.3 Å². The van der Waals surface area contributed by atoms with Gasteiger partial charge in [-0.15, -0.1) is 0 Å². The second-order valence-electron chi connectivity index (χ2n) is 5.37. The van der Waals surface area contributed by atoms with E-state index in [0.717, 1.165) is 28.3 Å². The van der Waals surface area contributed by atoms with E-state index in [1.165, 1.54) is 0 Å². The zero-order chi connectivity index (χ0) is 17.2. The Bertz CT molecular complexity index is 947. The van der Waals surface area contributed by atoms with Gasteiger partial charge in [0.1, 0.15) is 11.9 Å². The van der Waals surface area contributed by atoms with Gasteiger partial charge < -0.3 is 4.74 Å². The van der Waals surface area contributed by atoms with Crippen molar-refractivity contribution in [1.29, 1.82) is 0 Å². The van der Waals surface area contributed by atoms with Crippen molar-refractivity contribution >= 4 is 21.0 Å². The van der Waals surface area contributed by atoms with Gasteiger partial charge in [0, 0.05) is 11.6 Å². The molecule has 0 spiro atoms. The molecule has 0 aliphatic carbocycles. The molecule has 3 rings (SSSR count). The Morgan fingerprint density at radius 2 is 1.71 bits per heavy atom. The van der Waals surface area contributed by atoms with Crippen molar-refractivity contribution in [3.63, 3.8) is 0 Å². The van der Waals surface area contributed by atoms with Crippen LogP contribution in [0.2, 0.25) is 0 Å². The fraction of sp³-hybridized carbons (Fsp3) is 0.167. The number of rotatable bonds is 5. The maximum Gasteiger partial charge on any atom is 0.265 e. The standard InChI is InChI=1S/C18H17NO4S/c1-22-14-9-7-13(8-10-14)18(23-24(2,20)21)16-11-12-19-17-6-4-3-5-15(16)17/h3-12,18H,1-2H3. The van der Waals surface area contributed by atoms with E-state index in [-0.39, 0.29) is 0 Å². The van der Waals surface area contributed by atoms with Crippen LogP contribution >= 0.6 is 0 Å². The summed E-state index contributed by atoms with van der Waals surface area (Å²) >= 11 is 0. The molecular formula is C18H17NO4S. The van der Waals surface area contributed by atoms with Gasteiger partial charge in [-0.1, -0.05) is 30.3 Å². The number of pyridine rings is 1. The van der Waals surface area contributed by atoms with Crippen LogP contribution in [0.15, 0.2) is 60.8 Å². The molecule has 1 unspecified atom stereocenters. The van der Waals surface area contributed by atoms with Crippen LogP contribution in [0.1, 0.15) is 17.2 Å². The second-order valence-corrected chi connectivity index (χ2v) is 6.97. The summed E-state index contributed by atoms with van der Waals surface area (Å²) in [7, 11) is -2.08. The quantitative estimate of drug-likeness (QED) is 0.665. The lowest BCUT2D eigenvalue weighted by atomic mass is 9.98. The monoisotopic (exact) mass is 343 g/mol. The van der Waals surface area contributed by atoms with E-state index in [1.54, 1.807) is 43.6 Å². The van der Waals surface area contributed by atoms with E-state index < -0.39 is 16.2 Å². The highest BCUT2D eigenvalue weighted by atomic mass is 32.2. The van der Waals surface area contributed by atoms with Gasteiger partial charge in [-0.05, 0) is 35.4 Å². The highest BCUT2D eigenvalue weighted by Crippen LogP contribution is 2.32. The van der Waals surface area contributed by atoms with Gasteiger partial charge in [-0.2, -0.15) is 8.42 Å². The highest BCUT2D eigenvalue weighted by molar-refractivity contribution is 7.86. The molecule has 24 heavy (non-hydrogen) atoms. The Hall–Kier alpha value is -2.44. The number of hydrogen-bond donors (Lipinski definition) is 0. The molecule has 6 heteroatoms. The number of para-hydroxylation sites is 1. The molecule has 0 saturated carbocycles. The molecule has 0 aliphatic heterocycles. The van der Waals surface area contributed by atoms with Crippen LogP contribution in [0.25, 0.3) is 10.9 Å². The third-order valence-electron chi connectivity index (χ3n) is 3.65. The molecule has 0 amide bonds. The molecule has 1 heterocycles. The minimum Gasteiger partial charge on any atom is -0.497 e. The maximum atomic E-state index is 11.8. The topological polar surface area (TPSA) is 65.5 Å². The summed E-state index contributed by atoms with van der Waals surface area (Å²) in [6, 6.07) is 16.5. The normalized spacial score (nSPS) is 12.9. The summed E-state index contributed by atoms with van der Waals surface area (Å²) < 4.78 is 34.1. The van der Waals surface area contributed by atoms with Crippen molar-refractivity contribution in [1.82, 2.24) is 4.98 Å². The fourth-order valence-electron chi connectivity index (χ4n) is 2.59. The third kappa shape index (κ3) is 3.55. The zero-order valence-electron chi connectivity index (χ0n) is 13.3.